The summed E-state index contributed by atoms with van der Waals surface area (Å²) in [5.41, 5.74) is 1.19. The van der Waals surface area contributed by atoms with Crippen molar-refractivity contribution in [2.45, 2.75) is 77.3 Å². The maximum atomic E-state index is 13.4. The van der Waals surface area contributed by atoms with Crippen LogP contribution in [-0.4, -0.2) is 56.2 Å². The average Bonchev–Trinajstić information content (AvgIpc) is 3.53. The number of aromatic nitrogens is 2. The van der Waals surface area contributed by atoms with E-state index >= 15 is 0 Å². The zero-order valence-electron chi connectivity index (χ0n) is 20.4. The van der Waals surface area contributed by atoms with E-state index in [9.17, 15) is 14.4 Å². The second-order valence-corrected chi connectivity index (χ2v) is 10.9. The number of carbonyl (C=O) groups excluding carboxylic acids is 3. The molecule has 3 fully saturated rings. The van der Waals surface area contributed by atoms with E-state index in [1.165, 1.54) is 0 Å². The number of rotatable bonds is 5. The highest BCUT2D eigenvalue weighted by Crippen LogP contribution is 2.45. The van der Waals surface area contributed by atoms with Gasteiger partial charge in [-0.3, -0.25) is 14.5 Å². The molecule has 8 nitrogen and oxygen atoms in total. The maximum absolute atomic E-state index is 13.4. The van der Waals surface area contributed by atoms with Crippen molar-refractivity contribution in [1.82, 2.24) is 25.1 Å². The van der Waals surface area contributed by atoms with Crippen molar-refractivity contribution in [3.63, 3.8) is 0 Å². The first kappa shape index (κ1) is 22.9. The number of nitrogens with one attached hydrogen (secondary N) is 2. The van der Waals surface area contributed by atoms with Gasteiger partial charge in [0, 0.05) is 6.54 Å². The van der Waals surface area contributed by atoms with Crippen LogP contribution in [0.4, 0.5) is 4.79 Å². The number of aromatic amines is 1. The molecule has 1 atom stereocenters. The number of H-pyrrole nitrogens is 1. The van der Waals surface area contributed by atoms with Crippen LogP contribution in [0.1, 0.15) is 77.6 Å². The van der Waals surface area contributed by atoms with Gasteiger partial charge in [0.05, 0.1) is 17.1 Å². The Morgan fingerprint density at radius 2 is 1.91 bits per heavy atom. The molecular formula is C26H35N5O3. The summed E-state index contributed by atoms with van der Waals surface area (Å²) in [6.45, 7) is 7.15. The molecule has 1 saturated carbocycles. The Hall–Kier alpha value is -2.90. The minimum absolute atomic E-state index is 0.165. The largest absolute Gasteiger partial charge is 0.340 e. The van der Waals surface area contributed by atoms with Crippen LogP contribution >= 0.6 is 0 Å². The molecule has 1 aromatic carbocycles. The molecule has 3 heterocycles. The minimum atomic E-state index is -0.846. The summed E-state index contributed by atoms with van der Waals surface area (Å²) in [5, 5.41) is 2.96. The fraction of sp³-hybridized carbons (Fsp3) is 0.615. The molecule has 3 aliphatic rings. The number of carbonyl (C=O) groups is 3. The van der Waals surface area contributed by atoms with Crippen molar-refractivity contribution in [1.29, 1.82) is 0 Å². The summed E-state index contributed by atoms with van der Waals surface area (Å²) >= 11 is 0. The van der Waals surface area contributed by atoms with Crippen molar-refractivity contribution >= 4 is 28.9 Å². The first-order valence-corrected chi connectivity index (χ1v) is 12.6. The lowest BCUT2D eigenvalue weighted by Crippen LogP contribution is -2.51. The smallest absolute Gasteiger partial charge is 0.325 e. The first-order chi connectivity index (χ1) is 16.2. The van der Waals surface area contributed by atoms with E-state index in [0.717, 1.165) is 53.9 Å². The topological polar surface area (TPSA) is 98.4 Å². The summed E-state index contributed by atoms with van der Waals surface area (Å²) in [4.78, 5) is 50.4. The lowest BCUT2D eigenvalue weighted by Gasteiger charge is -2.42. The average molecular weight is 466 g/mol. The van der Waals surface area contributed by atoms with Crippen LogP contribution in [0.3, 0.4) is 0 Å². The molecule has 5 rings (SSSR count). The van der Waals surface area contributed by atoms with Crippen molar-refractivity contribution in [2.75, 3.05) is 13.1 Å². The van der Waals surface area contributed by atoms with E-state index in [0.29, 0.717) is 25.3 Å². The van der Waals surface area contributed by atoms with Gasteiger partial charge in [-0.05, 0) is 62.0 Å². The first-order valence-electron chi connectivity index (χ1n) is 12.6. The van der Waals surface area contributed by atoms with Gasteiger partial charge in [0.1, 0.15) is 17.9 Å². The van der Waals surface area contributed by atoms with E-state index < -0.39 is 11.6 Å². The number of hydrogen-bond donors (Lipinski definition) is 2. The second kappa shape index (κ2) is 8.40. The van der Waals surface area contributed by atoms with Crippen LogP contribution in [0.25, 0.3) is 11.0 Å². The summed E-state index contributed by atoms with van der Waals surface area (Å²) in [5.74, 6) is 0.859. The molecule has 1 unspecified atom stereocenters. The molecule has 2 N–H and O–H groups in total. The molecule has 4 amide bonds. The zero-order chi connectivity index (χ0) is 24.1. The molecule has 0 radical (unpaired) electrons. The fourth-order valence-corrected chi connectivity index (χ4v) is 6.05. The number of fused-ring (bicyclic) bond motifs is 1. The predicted octanol–water partition coefficient (Wildman–Crippen LogP) is 4.14. The highest BCUT2D eigenvalue weighted by molar-refractivity contribution is 6.09. The lowest BCUT2D eigenvalue weighted by atomic mass is 9.65. The van der Waals surface area contributed by atoms with Gasteiger partial charge in [-0.25, -0.2) is 9.78 Å². The fourth-order valence-electron chi connectivity index (χ4n) is 6.05. The van der Waals surface area contributed by atoms with E-state index in [-0.39, 0.29) is 29.8 Å². The number of benzene rings is 1. The van der Waals surface area contributed by atoms with E-state index in [1.54, 1.807) is 4.90 Å². The molecule has 1 aliphatic carbocycles. The molecule has 2 aromatic rings. The Bertz CT molecular complexity index is 1080. The Labute approximate surface area is 200 Å². The number of nitrogens with zero attached hydrogens (tertiary/aromatic N) is 3. The third-order valence-electron chi connectivity index (χ3n) is 8.69. The van der Waals surface area contributed by atoms with E-state index in [1.807, 2.05) is 24.3 Å². The van der Waals surface area contributed by atoms with Gasteiger partial charge < -0.3 is 15.2 Å². The minimum Gasteiger partial charge on any atom is -0.340 e. The summed E-state index contributed by atoms with van der Waals surface area (Å²) < 4.78 is 0. The van der Waals surface area contributed by atoms with Gasteiger partial charge in [0.25, 0.3) is 5.91 Å². The molecule has 34 heavy (non-hydrogen) atoms. The van der Waals surface area contributed by atoms with Crippen LogP contribution in [0, 0.1) is 11.3 Å². The summed E-state index contributed by atoms with van der Waals surface area (Å²) in [6.07, 6.45) is 5.87. The van der Waals surface area contributed by atoms with Gasteiger partial charge in [-0.1, -0.05) is 39.3 Å². The van der Waals surface area contributed by atoms with Gasteiger partial charge in [0.15, 0.2) is 0 Å². The van der Waals surface area contributed by atoms with Crippen molar-refractivity contribution in [3.05, 3.63) is 30.1 Å². The van der Waals surface area contributed by atoms with Gasteiger partial charge in [-0.2, -0.15) is 0 Å². The highest BCUT2D eigenvalue weighted by Gasteiger charge is 2.54. The number of likely N-dealkylation sites (tertiary alicyclic amines) is 1. The van der Waals surface area contributed by atoms with Crippen LogP contribution in [0.2, 0.25) is 0 Å². The Morgan fingerprint density at radius 3 is 2.62 bits per heavy atom. The van der Waals surface area contributed by atoms with Gasteiger partial charge in [-0.15, -0.1) is 0 Å². The number of para-hydroxylation sites is 2. The van der Waals surface area contributed by atoms with E-state index in [2.05, 4.69) is 36.1 Å². The van der Waals surface area contributed by atoms with Gasteiger partial charge >= 0.3 is 6.03 Å². The lowest BCUT2D eigenvalue weighted by molar-refractivity contribution is -0.140. The molecular weight excluding hydrogens is 430 g/mol. The third-order valence-corrected chi connectivity index (χ3v) is 8.69. The van der Waals surface area contributed by atoms with E-state index in [4.69, 9.17) is 0 Å². The molecule has 2 aliphatic heterocycles. The Balaban J connectivity index is 1.27. The quantitative estimate of drug-likeness (QED) is 0.648. The second-order valence-electron chi connectivity index (χ2n) is 10.9. The molecule has 1 aromatic heterocycles. The molecule has 182 valence electrons. The molecule has 8 heteroatoms. The van der Waals surface area contributed by atoms with Crippen molar-refractivity contribution < 1.29 is 14.4 Å². The third kappa shape index (κ3) is 3.77. The number of imidazole rings is 1. The Morgan fingerprint density at radius 1 is 1.18 bits per heavy atom. The predicted molar refractivity (Wildman–Crippen MR) is 129 cm³/mol. The standard InChI is InChI=1S/C26H35N5O3/c1-4-25(2,3)17-11-13-26(14-12-17)23(33)31(24(34)29-26)16-21(32)30-15-7-10-20(30)22-27-18-8-5-6-9-19(18)28-22/h5-6,8-9,17,20H,4,7,10-16H2,1-3H3,(H,27,28)(H,29,34). The highest BCUT2D eigenvalue weighted by atomic mass is 16.2. The molecule has 2 saturated heterocycles. The van der Waals surface area contributed by atoms with Crippen LogP contribution in [0.15, 0.2) is 24.3 Å². The SMILES string of the molecule is CCC(C)(C)C1CCC2(CC1)NC(=O)N(CC(=O)N1CCCC1c1nc3ccccc3[nH]1)C2=O. The Kier molecular flexibility index (Phi) is 5.65. The number of urea groups is 1. The van der Waals surface area contributed by atoms with Crippen LogP contribution in [0.5, 0.6) is 0 Å². The number of imide groups is 1. The number of hydrogen-bond acceptors (Lipinski definition) is 4. The summed E-state index contributed by atoms with van der Waals surface area (Å²) in [6, 6.07) is 7.20. The van der Waals surface area contributed by atoms with Gasteiger partial charge in [0.2, 0.25) is 5.91 Å². The van der Waals surface area contributed by atoms with Crippen molar-refractivity contribution in [2.24, 2.45) is 11.3 Å². The monoisotopic (exact) mass is 465 g/mol. The summed E-state index contributed by atoms with van der Waals surface area (Å²) in [7, 11) is 0. The molecule has 0 bridgehead atoms. The number of amides is 4. The maximum Gasteiger partial charge on any atom is 0.325 e. The van der Waals surface area contributed by atoms with Crippen LogP contribution in [-0.2, 0) is 9.59 Å². The zero-order valence-corrected chi connectivity index (χ0v) is 20.4. The molecule has 1 spiro atoms. The van der Waals surface area contributed by atoms with Crippen LogP contribution < -0.4 is 5.32 Å². The normalized spacial score (nSPS) is 27.7. The van der Waals surface area contributed by atoms with Crippen molar-refractivity contribution in [3.8, 4) is 0 Å².